The second-order valence-corrected chi connectivity index (χ2v) is 6.50. The average Bonchev–Trinajstić information content (AvgIpc) is 2.53. The summed E-state index contributed by atoms with van der Waals surface area (Å²) in [5, 5.41) is 0. The summed E-state index contributed by atoms with van der Waals surface area (Å²) >= 11 is 0. The topological polar surface area (TPSA) is 46.6 Å². The molecule has 4 nitrogen and oxygen atoms in total. The molecule has 1 atom stereocenters. The first-order valence-corrected chi connectivity index (χ1v) is 8.37. The van der Waals surface area contributed by atoms with Gasteiger partial charge >= 0.3 is 5.97 Å². The highest BCUT2D eigenvalue weighted by molar-refractivity contribution is 5.94. The molecule has 0 heterocycles. The number of ether oxygens (including phenoxy) is 1. The maximum atomic E-state index is 12.5. The molecule has 0 radical (unpaired) electrons. The van der Waals surface area contributed by atoms with Crippen LogP contribution in [0.3, 0.4) is 0 Å². The van der Waals surface area contributed by atoms with Gasteiger partial charge in [-0.2, -0.15) is 0 Å². The molecule has 2 rings (SSSR count). The maximum absolute atomic E-state index is 12.5. The zero-order valence-electron chi connectivity index (χ0n) is 15.5. The molecule has 0 saturated carbocycles. The molecule has 2 aromatic rings. The van der Waals surface area contributed by atoms with E-state index < -0.39 is 12.1 Å². The van der Waals surface area contributed by atoms with E-state index in [0.29, 0.717) is 12.1 Å². The van der Waals surface area contributed by atoms with E-state index in [0.717, 1.165) is 22.3 Å². The van der Waals surface area contributed by atoms with Gasteiger partial charge < -0.3 is 9.64 Å². The van der Waals surface area contributed by atoms with Gasteiger partial charge in [-0.1, -0.05) is 48.0 Å². The highest BCUT2D eigenvalue weighted by Crippen LogP contribution is 2.18. The van der Waals surface area contributed by atoms with Gasteiger partial charge in [-0.15, -0.1) is 0 Å². The summed E-state index contributed by atoms with van der Waals surface area (Å²) in [6, 6.07) is 13.6. The van der Waals surface area contributed by atoms with Gasteiger partial charge in [0.2, 0.25) is 0 Å². The van der Waals surface area contributed by atoms with Crippen LogP contribution in [0, 0.1) is 20.8 Å². The van der Waals surface area contributed by atoms with Crippen molar-refractivity contribution in [2.24, 2.45) is 0 Å². The third-order valence-electron chi connectivity index (χ3n) is 4.15. The Morgan fingerprint density at radius 3 is 2.16 bits per heavy atom. The van der Waals surface area contributed by atoms with Crippen molar-refractivity contribution in [1.82, 2.24) is 4.90 Å². The number of hydrogen-bond acceptors (Lipinski definition) is 3. The summed E-state index contributed by atoms with van der Waals surface area (Å²) in [6.45, 7) is 7.83. The van der Waals surface area contributed by atoms with E-state index in [1.807, 2.05) is 63.2 Å². The van der Waals surface area contributed by atoms with Crippen molar-refractivity contribution in [1.29, 1.82) is 0 Å². The lowest BCUT2D eigenvalue weighted by Crippen LogP contribution is -2.37. The number of aryl methyl sites for hydroxylation is 3. The summed E-state index contributed by atoms with van der Waals surface area (Å²) in [5.41, 5.74) is 4.39. The van der Waals surface area contributed by atoms with Crippen molar-refractivity contribution >= 4 is 11.9 Å². The van der Waals surface area contributed by atoms with Crippen LogP contribution in [-0.2, 0) is 16.1 Å². The first kappa shape index (κ1) is 18.7. The van der Waals surface area contributed by atoms with E-state index >= 15 is 0 Å². The molecule has 1 amide bonds. The second kappa shape index (κ2) is 7.97. The van der Waals surface area contributed by atoms with Gasteiger partial charge in [0.05, 0.1) is 5.56 Å². The summed E-state index contributed by atoms with van der Waals surface area (Å²) in [7, 11) is 1.71. The van der Waals surface area contributed by atoms with Crippen LogP contribution < -0.4 is 0 Å². The number of nitrogens with zero attached hydrogens (tertiary/aromatic N) is 1. The number of benzene rings is 2. The average molecular weight is 339 g/mol. The van der Waals surface area contributed by atoms with Crippen LogP contribution in [0.15, 0.2) is 42.5 Å². The molecule has 0 aliphatic carbocycles. The van der Waals surface area contributed by atoms with Gasteiger partial charge in [0, 0.05) is 13.6 Å². The fourth-order valence-electron chi connectivity index (χ4n) is 3.02. The van der Waals surface area contributed by atoms with Crippen molar-refractivity contribution in [3.8, 4) is 0 Å². The number of esters is 1. The lowest BCUT2D eigenvalue weighted by molar-refractivity contribution is -0.139. The summed E-state index contributed by atoms with van der Waals surface area (Å²) in [4.78, 5) is 26.6. The largest absolute Gasteiger partial charge is 0.449 e. The fourth-order valence-corrected chi connectivity index (χ4v) is 3.02. The summed E-state index contributed by atoms with van der Waals surface area (Å²) in [6.07, 6.45) is -0.832. The lowest BCUT2D eigenvalue weighted by atomic mass is 10.00. The van der Waals surface area contributed by atoms with E-state index in [1.54, 1.807) is 18.9 Å². The molecule has 0 fully saturated rings. The van der Waals surface area contributed by atoms with Crippen molar-refractivity contribution in [3.63, 3.8) is 0 Å². The number of carbonyl (C=O) groups excluding carboxylic acids is 2. The van der Waals surface area contributed by atoms with Gasteiger partial charge in [-0.25, -0.2) is 4.79 Å². The van der Waals surface area contributed by atoms with Crippen LogP contribution in [-0.4, -0.2) is 29.9 Å². The Morgan fingerprint density at radius 2 is 1.60 bits per heavy atom. The SMILES string of the molecule is Cc1cc(C)c(C(=O)O[C@H](C)C(=O)N(C)Cc2ccccc2)c(C)c1. The minimum atomic E-state index is -0.832. The molecule has 0 spiro atoms. The Kier molecular flexibility index (Phi) is 5.97. The summed E-state index contributed by atoms with van der Waals surface area (Å²) < 4.78 is 5.43. The molecule has 2 aromatic carbocycles. The minimum absolute atomic E-state index is 0.223. The van der Waals surface area contributed by atoms with Crippen molar-refractivity contribution < 1.29 is 14.3 Å². The zero-order chi connectivity index (χ0) is 18.6. The van der Waals surface area contributed by atoms with Gasteiger partial charge in [0.15, 0.2) is 6.10 Å². The van der Waals surface area contributed by atoms with E-state index in [9.17, 15) is 9.59 Å². The van der Waals surface area contributed by atoms with Gasteiger partial charge in [-0.05, 0) is 44.4 Å². The molecule has 132 valence electrons. The van der Waals surface area contributed by atoms with E-state index in [1.165, 1.54) is 0 Å². The van der Waals surface area contributed by atoms with Crippen molar-refractivity contribution in [2.75, 3.05) is 7.05 Å². The first-order chi connectivity index (χ1) is 11.8. The van der Waals surface area contributed by atoms with E-state index in [2.05, 4.69) is 0 Å². The van der Waals surface area contributed by atoms with E-state index in [4.69, 9.17) is 4.74 Å². The molecular weight excluding hydrogens is 314 g/mol. The van der Waals surface area contributed by atoms with Crippen molar-refractivity contribution in [2.45, 2.75) is 40.3 Å². The third-order valence-corrected chi connectivity index (χ3v) is 4.15. The van der Waals surface area contributed by atoms with Gasteiger partial charge in [0.25, 0.3) is 5.91 Å². The minimum Gasteiger partial charge on any atom is -0.449 e. The smallest absolute Gasteiger partial charge is 0.339 e. The van der Waals surface area contributed by atoms with Crippen LogP contribution in [0.1, 0.15) is 39.5 Å². The molecule has 0 saturated heterocycles. The predicted octanol–water partition coefficient (Wildman–Crippen LogP) is 3.82. The Labute approximate surface area is 149 Å². The maximum Gasteiger partial charge on any atom is 0.339 e. The molecule has 0 aliphatic heterocycles. The van der Waals surface area contributed by atoms with Gasteiger partial charge in [0.1, 0.15) is 0 Å². The third kappa shape index (κ3) is 4.69. The fraction of sp³-hybridized carbons (Fsp3) is 0.333. The van der Waals surface area contributed by atoms with E-state index in [-0.39, 0.29) is 5.91 Å². The molecule has 25 heavy (non-hydrogen) atoms. The van der Waals surface area contributed by atoms with Crippen LogP contribution in [0.2, 0.25) is 0 Å². The normalized spacial score (nSPS) is 11.7. The molecule has 4 heteroatoms. The van der Waals surface area contributed by atoms with Gasteiger partial charge in [-0.3, -0.25) is 4.79 Å². The van der Waals surface area contributed by atoms with Crippen LogP contribution in [0.4, 0.5) is 0 Å². The molecular formula is C21H25NO3. The molecule has 0 aromatic heterocycles. The Hall–Kier alpha value is -2.62. The summed E-state index contributed by atoms with van der Waals surface area (Å²) in [5.74, 6) is -0.677. The number of amides is 1. The highest BCUT2D eigenvalue weighted by Gasteiger charge is 2.24. The molecule has 0 bridgehead atoms. The predicted molar refractivity (Wildman–Crippen MR) is 98.4 cm³/mol. The number of rotatable bonds is 5. The highest BCUT2D eigenvalue weighted by atomic mass is 16.5. The molecule has 0 N–H and O–H groups in total. The molecule has 0 unspecified atom stereocenters. The van der Waals surface area contributed by atoms with Crippen molar-refractivity contribution in [3.05, 3.63) is 70.3 Å². The monoisotopic (exact) mass is 339 g/mol. The van der Waals surface area contributed by atoms with Crippen LogP contribution >= 0.6 is 0 Å². The standard InChI is InChI=1S/C21H25NO3/c1-14-11-15(2)19(16(3)12-14)21(24)25-17(4)20(23)22(5)13-18-9-7-6-8-10-18/h6-12,17H,13H2,1-5H3/t17-/m1/s1. The number of likely N-dealkylation sites (N-methyl/N-ethyl adjacent to an activating group) is 1. The second-order valence-electron chi connectivity index (χ2n) is 6.50. The number of carbonyl (C=O) groups is 2. The molecule has 0 aliphatic rings. The Balaban J connectivity index is 2.04. The van der Waals surface area contributed by atoms with Crippen LogP contribution in [0.5, 0.6) is 0 Å². The number of hydrogen-bond donors (Lipinski definition) is 0. The zero-order valence-corrected chi connectivity index (χ0v) is 15.5. The Morgan fingerprint density at radius 1 is 1.04 bits per heavy atom. The lowest BCUT2D eigenvalue weighted by Gasteiger charge is -2.22. The van der Waals surface area contributed by atoms with Crippen LogP contribution in [0.25, 0.3) is 0 Å². The quantitative estimate of drug-likeness (QED) is 0.778. The Bertz CT molecular complexity index is 745. The first-order valence-electron chi connectivity index (χ1n) is 8.37.